The van der Waals surface area contributed by atoms with Gasteiger partial charge in [-0.25, -0.2) is 9.97 Å². The van der Waals surface area contributed by atoms with Gasteiger partial charge in [-0.3, -0.25) is 4.79 Å². The number of rotatable bonds is 3. The van der Waals surface area contributed by atoms with Gasteiger partial charge in [0.15, 0.2) is 0 Å². The molecule has 0 atom stereocenters. The average Bonchev–Trinajstić information content (AvgIpc) is 3.30. The highest BCUT2D eigenvalue weighted by molar-refractivity contribution is 6.00. The van der Waals surface area contributed by atoms with Crippen molar-refractivity contribution in [3.63, 3.8) is 0 Å². The number of nitrogens with zero attached hydrogens (tertiary/aromatic N) is 2. The largest absolute Gasteiger partial charge is 0.339 e. The number of aromatic nitrogens is 5. The van der Waals surface area contributed by atoms with E-state index in [4.69, 9.17) is 0 Å². The van der Waals surface area contributed by atoms with Gasteiger partial charge >= 0.3 is 0 Å². The molecule has 3 aromatic heterocycles. The van der Waals surface area contributed by atoms with E-state index in [0.29, 0.717) is 22.9 Å². The van der Waals surface area contributed by atoms with Gasteiger partial charge in [0.1, 0.15) is 17.2 Å². The molecule has 7 nitrogen and oxygen atoms in total. The maximum atomic E-state index is 12.9. The standard InChI is InChI=1S/C19H14N6O/c26-19-16(18-22-13-7-3-4-8-14(13)23-18)17(25-15-9-20-10-21-15)11-5-1-2-6-12(11)24-19/h1-10H,(H,20,21)(H,22,23)(H2,24,25,26). The average molecular weight is 342 g/mol. The third kappa shape index (κ3) is 2.26. The molecule has 0 fully saturated rings. The summed E-state index contributed by atoms with van der Waals surface area (Å²) in [7, 11) is 0. The second-order valence-electron chi connectivity index (χ2n) is 5.94. The summed E-state index contributed by atoms with van der Waals surface area (Å²) in [6, 6.07) is 15.3. The van der Waals surface area contributed by atoms with E-state index in [-0.39, 0.29) is 5.56 Å². The molecular formula is C19H14N6O. The highest BCUT2D eigenvalue weighted by atomic mass is 16.1. The number of pyridine rings is 1. The molecule has 0 saturated heterocycles. The van der Waals surface area contributed by atoms with Crippen LogP contribution in [0.5, 0.6) is 0 Å². The molecule has 2 aromatic carbocycles. The Bertz CT molecular complexity index is 1250. The highest BCUT2D eigenvalue weighted by Gasteiger charge is 2.18. The molecule has 0 bridgehead atoms. The Labute approximate surface area is 147 Å². The van der Waals surface area contributed by atoms with Crippen molar-refractivity contribution in [2.24, 2.45) is 0 Å². The molecule has 0 radical (unpaired) electrons. The zero-order valence-corrected chi connectivity index (χ0v) is 13.6. The van der Waals surface area contributed by atoms with Crippen LogP contribution in [0.1, 0.15) is 0 Å². The zero-order chi connectivity index (χ0) is 17.5. The smallest absolute Gasteiger partial charge is 0.261 e. The minimum absolute atomic E-state index is 0.218. The van der Waals surface area contributed by atoms with Crippen molar-refractivity contribution in [2.45, 2.75) is 0 Å². The lowest BCUT2D eigenvalue weighted by Crippen LogP contribution is -2.13. The Kier molecular flexibility index (Phi) is 3.11. The first kappa shape index (κ1) is 14.5. The number of hydrogen-bond acceptors (Lipinski definition) is 4. The van der Waals surface area contributed by atoms with Crippen molar-refractivity contribution in [3.05, 3.63) is 71.4 Å². The van der Waals surface area contributed by atoms with E-state index in [9.17, 15) is 4.79 Å². The zero-order valence-electron chi connectivity index (χ0n) is 13.6. The Hall–Kier alpha value is -3.87. The van der Waals surface area contributed by atoms with Gasteiger partial charge in [0, 0.05) is 5.39 Å². The molecule has 5 aromatic rings. The van der Waals surface area contributed by atoms with Crippen LogP contribution in [0.3, 0.4) is 0 Å². The maximum Gasteiger partial charge on any atom is 0.261 e. The first-order valence-corrected chi connectivity index (χ1v) is 8.15. The first-order chi connectivity index (χ1) is 12.8. The second-order valence-corrected chi connectivity index (χ2v) is 5.94. The third-order valence-electron chi connectivity index (χ3n) is 4.31. The van der Waals surface area contributed by atoms with Crippen molar-refractivity contribution in [1.82, 2.24) is 24.9 Å². The van der Waals surface area contributed by atoms with Crippen LogP contribution in [0.4, 0.5) is 11.5 Å². The second kappa shape index (κ2) is 5.59. The molecule has 0 spiro atoms. The van der Waals surface area contributed by atoms with Crippen LogP contribution in [-0.2, 0) is 0 Å². The SMILES string of the molecule is O=c1[nH]c2ccccc2c(Nc2cnc[nH]2)c1-c1nc2ccccc2[nH]1. The van der Waals surface area contributed by atoms with Gasteiger partial charge in [-0.15, -0.1) is 0 Å². The molecule has 5 rings (SSSR count). The van der Waals surface area contributed by atoms with Crippen LogP contribution < -0.4 is 10.9 Å². The quantitative estimate of drug-likeness (QED) is 0.403. The molecule has 126 valence electrons. The Morgan fingerprint density at radius 3 is 2.54 bits per heavy atom. The predicted molar refractivity (Wildman–Crippen MR) is 102 cm³/mol. The molecule has 7 heteroatoms. The summed E-state index contributed by atoms with van der Waals surface area (Å²) in [6.07, 6.45) is 3.25. The summed E-state index contributed by atoms with van der Waals surface area (Å²) in [4.78, 5) is 30.7. The fourth-order valence-electron chi connectivity index (χ4n) is 3.13. The molecule has 0 aliphatic rings. The van der Waals surface area contributed by atoms with Gasteiger partial charge in [0.25, 0.3) is 5.56 Å². The van der Waals surface area contributed by atoms with Gasteiger partial charge in [0.05, 0.1) is 34.8 Å². The summed E-state index contributed by atoms with van der Waals surface area (Å²) in [5.74, 6) is 1.21. The number of hydrogen-bond donors (Lipinski definition) is 4. The van der Waals surface area contributed by atoms with Gasteiger partial charge in [-0.05, 0) is 18.2 Å². The number of H-pyrrole nitrogens is 3. The Morgan fingerprint density at radius 2 is 1.73 bits per heavy atom. The molecule has 26 heavy (non-hydrogen) atoms. The van der Waals surface area contributed by atoms with E-state index in [1.165, 1.54) is 0 Å². The molecule has 0 aliphatic carbocycles. The minimum Gasteiger partial charge on any atom is -0.339 e. The molecular weight excluding hydrogens is 328 g/mol. The molecule has 0 saturated carbocycles. The minimum atomic E-state index is -0.218. The molecule has 0 unspecified atom stereocenters. The molecule has 4 N–H and O–H groups in total. The van der Waals surface area contributed by atoms with Gasteiger partial charge < -0.3 is 20.3 Å². The summed E-state index contributed by atoms with van der Waals surface area (Å²) in [5, 5.41) is 4.17. The van der Waals surface area contributed by atoms with Crippen molar-refractivity contribution in [2.75, 3.05) is 5.32 Å². The fraction of sp³-hybridized carbons (Fsp3) is 0. The van der Waals surface area contributed by atoms with Crippen LogP contribution in [0, 0.1) is 0 Å². The molecule has 3 heterocycles. The monoisotopic (exact) mass is 342 g/mol. The van der Waals surface area contributed by atoms with Crippen molar-refractivity contribution >= 4 is 33.4 Å². The highest BCUT2D eigenvalue weighted by Crippen LogP contribution is 2.32. The number of nitrogens with one attached hydrogen (secondary N) is 4. The van der Waals surface area contributed by atoms with Crippen molar-refractivity contribution < 1.29 is 0 Å². The van der Waals surface area contributed by atoms with Crippen LogP contribution in [0.15, 0.2) is 65.8 Å². The van der Waals surface area contributed by atoms with E-state index >= 15 is 0 Å². The summed E-state index contributed by atoms with van der Waals surface area (Å²) in [5.41, 5.74) is 3.34. The normalized spacial score (nSPS) is 11.2. The van der Waals surface area contributed by atoms with Crippen LogP contribution >= 0.6 is 0 Å². The van der Waals surface area contributed by atoms with Gasteiger partial charge in [-0.1, -0.05) is 30.3 Å². The van der Waals surface area contributed by atoms with Crippen LogP contribution in [-0.4, -0.2) is 24.9 Å². The lowest BCUT2D eigenvalue weighted by Gasteiger charge is -2.12. The molecule has 0 amide bonds. The number of anilines is 2. The van der Waals surface area contributed by atoms with Crippen molar-refractivity contribution in [3.8, 4) is 11.4 Å². The number of fused-ring (bicyclic) bond motifs is 2. The summed E-state index contributed by atoms with van der Waals surface area (Å²) >= 11 is 0. The van der Waals surface area contributed by atoms with Crippen molar-refractivity contribution in [1.29, 1.82) is 0 Å². The van der Waals surface area contributed by atoms with E-state index < -0.39 is 0 Å². The number of imidazole rings is 2. The van der Waals surface area contributed by atoms with E-state index in [2.05, 4.69) is 30.2 Å². The molecule has 0 aliphatic heterocycles. The van der Waals surface area contributed by atoms with Gasteiger partial charge in [0.2, 0.25) is 0 Å². The maximum absolute atomic E-state index is 12.9. The lowest BCUT2D eigenvalue weighted by atomic mass is 10.1. The predicted octanol–water partition coefficient (Wildman–Crippen LogP) is 3.54. The van der Waals surface area contributed by atoms with Crippen LogP contribution in [0.2, 0.25) is 0 Å². The van der Waals surface area contributed by atoms with Crippen LogP contribution in [0.25, 0.3) is 33.3 Å². The number of aromatic amines is 3. The lowest BCUT2D eigenvalue weighted by molar-refractivity contribution is 1.25. The Balaban J connectivity index is 1.83. The van der Waals surface area contributed by atoms with E-state index in [0.717, 1.165) is 21.9 Å². The number of para-hydroxylation sites is 3. The van der Waals surface area contributed by atoms with Gasteiger partial charge in [-0.2, -0.15) is 0 Å². The topological polar surface area (TPSA) is 102 Å². The van der Waals surface area contributed by atoms with E-state index in [1.807, 2.05) is 48.5 Å². The summed E-state index contributed by atoms with van der Waals surface area (Å²) < 4.78 is 0. The number of benzene rings is 2. The van der Waals surface area contributed by atoms with E-state index in [1.54, 1.807) is 12.5 Å². The Morgan fingerprint density at radius 1 is 0.923 bits per heavy atom. The fourth-order valence-corrected chi connectivity index (χ4v) is 3.13. The summed E-state index contributed by atoms with van der Waals surface area (Å²) in [6.45, 7) is 0. The first-order valence-electron chi connectivity index (χ1n) is 8.15. The third-order valence-corrected chi connectivity index (χ3v) is 4.31.